The van der Waals surface area contributed by atoms with Crippen molar-refractivity contribution in [2.24, 2.45) is 0 Å². The number of carbonyl (C=O) groups is 2. The van der Waals surface area contributed by atoms with Crippen LogP contribution in [0.15, 0.2) is 12.2 Å². The van der Waals surface area contributed by atoms with Crippen molar-refractivity contribution in [3.05, 3.63) is 12.2 Å². The molecule has 0 spiro atoms. The Balaban J connectivity index is 2.72. The molecule has 1 saturated heterocycles. The average Bonchev–Trinajstić information content (AvgIpc) is 2.32. The van der Waals surface area contributed by atoms with E-state index in [0.29, 0.717) is 6.61 Å². The van der Waals surface area contributed by atoms with Crippen LogP contribution < -0.4 is 0 Å². The van der Waals surface area contributed by atoms with E-state index >= 15 is 0 Å². The van der Waals surface area contributed by atoms with Crippen molar-refractivity contribution < 1.29 is 14.3 Å². The summed E-state index contributed by atoms with van der Waals surface area (Å²) >= 11 is 0. The summed E-state index contributed by atoms with van der Waals surface area (Å²) in [4.78, 5) is 23.3. The minimum atomic E-state index is -0.550. The van der Waals surface area contributed by atoms with E-state index < -0.39 is 6.09 Å². The molecule has 1 atom stereocenters. The molecule has 1 rings (SSSR count). The van der Waals surface area contributed by atoms with Gasteiger partial charge in [-0.15, -0.1) is 0 Å². The second kappa shape index (κ2) is 3.38. The van der Waals surface area contributed by atoms with Gasteiger partial charge in [0.2, 0.25) is 0 Å². The maximum absolute atomic E-state index is 11.2. The van der Waals surface area contributed by atoms with Crippen LogP contribution in [0.3, 0.4) is 0 Å². The third-order valence-electron chi connectivity index (χ3n) is 1.63. The number of hydrogen-bond donors (Lipinski definition) is 0. The van der Waals surface area contributed by atoms with Crippen LogP contribution in [0.1, 0.15) is 13.8 Å². The Bertz CT molecular complexity index is 234. The highest BCUT2D eigenvalue weighted by molar-refractivity contribution is 5.99. The fraction of sp³-hybridized carbons (Fsp3) is 0.500. The number of rotatable bonds is 1. The van der Waals surface area contributed by atoms with Gasteiger partial charge in [-0.25, -0.2) is 9.69 Å². The van der Waals surface area contributed by atoms with E-state index in [2.05, 4.69) is 4.74 Å². The summed E-state index contributed by atoms with van der Waals surface area (Å²) in [6, 6.07) is -0.152. The summed E-state index contributed by atoms with van der Waals surface area (Å²) in [5.41, 5.74) is 0. The molecule has 4 heteroatoms. The Hall–Kier alpha value is -1.32. The van der Waals surface area contributed by atoms with Gasteiger partial charge in [0, 0.05) is 0 Å². The SMILES string of the molecule is C/C=C/C(=O)N1C(=O)OC[C@@H]1C. The molecule has 0 aromatic rings. The number of nitrogens with zero attached hydrogens (tertiary/aromatic N) is 1. The molecule has 12 heavy (non-hydrogen) atoms. The van der Waals surface area contributed by atoms with Crippen LogP contribution in [0.2, 0.25) is 0 Å². The van der Waals surface area contributed by atoms with E-state index in [9.17, 15) is 9.59 Å². The highest BCUT2D eigenvalue weighted by atomic mass is 16.6. The van der Waals surface area contributed by atoms with Gasteiger partial charge in [-0.2, -0.15) is 0 Å². The quantitative estimate of drug-likeness (QED) is 0.548. The number of ether oxygens (including phenoxy) is 1. The Morgan fingerprint density at radius 1 is 1.75 bits per heavy atom. The predicted octanol–water partition coefficient (Wildman–Crippen LogP) is 0.930. The molecule has 0 aromatic heterocycles. The van der Waals surface area contributed by atoms with Crippen LogP contribution >= 0.6 is 0 Å². The summed E-state index contributed by atoms with van der Waals surface area (Å²) < 4.78 is 4.68. The number of cyclic esters (lactones) is 1. The van der Waals surface area contributed by atoms with Gasteiger partial charge >= 0.3 is 6.09 Å². The first-order chi connectivity index (χ1) is 5.66. The molecule has 1 fully saturated rings. The maximum Gasteiger partial charge on any atom is 0.417 e. The summed E-state index contributed by atoms with van der Waals surface area (Å²) in [5, 5.41) is 0. The smallest absolute Gasteiger partial charge is 0.417 e. The van der Waals surface area contributed by atoms with Crippen molar-refractivity contribution in [3.8, 4) is 0 Å². The monoisotopic (exact) mass is 169 g/mol. The van der Waals surface area contributed by atoms with E-state index in [-0.39, 0.29) is 11.9 Å². The minimum Gasteiger partial charge on any atom is -0.447 e. The zero-order chi connectivity index (χ0) is 9.14. The first-order valence-corrected chi connectivity index (χ1v) is 3.79. The van der Waals surface area contributed by atoms with Gasteiger partial charge in [0.15, 0.2) is 0 Å². The first kappa shape index (κ1) is 8.77. The van der Waals surface area contributed by atoms with E-state index in [4.69, 9.17) is 0 Å². The predicted molar refractivity (Wildman–Crippen MR) is 42.5 cm³/mol. The fourth-order valence-corrected chi connectivity index (χ4v) is 1.05. The van der Waals surface area contributed by atoms with Crippen molar-refractivity contribution >= 4 is 12.0 Å². The zero-order valence-electron chi connectivity index (χ0n) is 7.11. The van der Waals surface area contributed by atoms with Crippen LogP contribution in [0.5, 0.6) is 0 Å². The third-order valence-corrected chi connectivity index (χ3v) is 1.63. The molecule has 4 nitrogen and oxygen atoms in total. The average molecular weight is 169 g/mol. The largest absolute Gasteiger partial charge is 0.447 e. The van der Waals surface area contributed by atoms with Crippen molar-refractivity contribution in [1.82, 2.24) is 4.90 Å². The number of amides is 2. The Morgan fingerprint density at radius 2 is 2.42 bits per heavy atom. The highest BCUT2D eigenvalue weighted by Crippen LogP contribution is 2.11. The molecule has 1 heterocycles. The van der Waals surface area contributed by atoms with Gasteiger partial charge in [0.05, 0.1) is 6.04 Å². The topological polar surface area (TPSA) is 46.6 Å². The Morgan fingerprint density at radius 3 is 2.83 bits per heavy atom. The van der Waals surface area contributed by atoms with Gasteiger partial charge in [0.1, 0.15) is 6.61 Å². The summed E-state index contributed by atoms with van der Waals surface area (Å²) in [7, 11) is 0. The van der Waals surface area contributed by atoms with Crippen molar-refractivity contribution in [1.29, 1.82) is 0 Å². The summed E-state index contributed by atoms with van der Waals surface area (Å²) in [5.74, 6) is -0.312. The lowest BCUT2D eigenvalue weighted by atomic mass is 10.3. The molecule has 1 aliphatic heterocycles. The van der Waals surface area contributed by atoms with Crippen LogP contribution in [-0.2, 0) is 9.53 Å². The van der Waals surface area contributed by atoms with Crippen molar-refractivity contribution in [2.75, 3.05) is 6.61 Å². The zero-order valence-corrected chi connectivity index (χ0v) is 7.11. The molecular formula is C8H11NO3. The molecule has 0 aliphatic carbocycles. The molecule has 0 aromatic carbocycles. The number of allylic oxidation sites excluding steroid dienone is 1. The van der Waals surface area contributed by atoms with Crippen LogP contribution in [0, 0.1) is 0 Å². The lowest BCUT2D eigenvalue weighted by Gasteiger charge is -2.12. The van der Waals surface area contributed by atoms with E-state index in [0.717, 1.165) is 4.90 Å². The van der Waals surface area contributed by atoms with Gasteiger partial charge < -0.3 is 4.74 Å². The van der Waals surface area contributed by atoms with E-state index in [1.807, 2.05) is 0 Å². The van der Waals surface area contributed by atoms with Crippen molar-refractivity contribution in [3.63, 3.8) is 0 Å². The van der Waals surface area contributed by atoms with E-state index in [1.54, 1.807) is 19.9 Å². The molecule has 66 valence electrons. The number of hydrogen-bond acceptors (Lipinski definition) is 3. The summed E-state index contributed by atoms with van der Waals surface area (Å²) in [6.45, 7) is 3.79. The minimum absolute atomic E-state index is 0.152. The van der Waals surface area contributed by atoms with Crippen LogP contribution in [0.4, 0.5) is 4.79 Å². The fourth-order valence-electron chi connectivity index (χ4n) is 1.05. The molecule has 0 N–H and O–H groups in total. The molecule has 1 aliphatic rings. The normalized spacial score (nSPS) is 23.3. The molecular weight excluding hydrogens is 158 g/mol. The van der Waals surface area contributed by atoms with Gasteiger partial charge in [-0.05, 0) is 19.9 Å². The molecule has 0 saturated carbocycles. The van der Waals surface area contributed by atoms with Crippen LogP contribution in [-0.4, -0.2) is 29.5 Å². The lowest BCUT2D eigenvalue weighted by Crippen LogP contribution is -2.35. The molecule has 0 bridgehead atoms. The Labute approximate surface area is 70.8 Å². The highest BCUT2D eigenvalue weighted by Gasteiger charge is 2.33. The maximum atomic E-state index is 11.2. The lowest BCUT2D eigenvalue weighted by molar-refractivity contribution is -0.123. The van der Waals surface area contributed by atoms with E-state index in [1.165, 1.54) is 6.08 Å². The van der Waals surface area contributed by atoms with Gasteiger partial charge in [-0.1, -0.05) is 6.08 Å². The standard InChI is InChI=1S/C8H11NO3/c1-3-4-7(10)9-6(2)5-12-8(9)11/h3-4,6H,5H2,1-2H3/b4-3+/t6-/m0/s1. The third kappa shape index (κ3) is 1.47. The van der Waals surface area contributed by atoms with Gasteiger partial charge in [-0.3, -0.25) is 4.79 Å². The first-order valence-electron chi connectivity index (χ1n) is 3.79. The second-order valence-electron chi connectivity index (χ2n) is 2.63. The number of carbonyl (C=O) groups excluding carboxylic acids is 2. The Kier molecular flexibility index (Phi) is 2.47. The molecule has 0 radical (unpaired) electrons. The van der Waals surface area contributed by atoms with Crippen LogP contribution in [0.25, 0.3) is 0 Å². The number of imide groups is 1. The van der Waals surface area contributed by atoms with Crippen molar-refractivity contribution in [2.45, 2.75) is 19.9 Å². The molecule has 0 unspecified atom stereocenters. The molecule has 2 amide bonds. The summed E-state index contributed by atoms with van der Waals surface area (Å²) in [6.07, 6.45) is 2.40. The van der Waals surface area contributed by atoms with Gasteiger partial charge in [0.25, 0.3) is 5.91 Å². The second-order valence-corrected chi connectivity index (χ2v) is 2.63.